The molecule has 4 aromatic rings. The van der Waals surface area contributed by atoms with Gasteiger partial charge in [0.25, 0.3) is 10.0 Å². The SMILES string of the molecule is N#Cc1cc(OCCCC[n+]2ccccc2)cc2sc(S(=O)(=O)NC(c3ccccc3)P(=O)([O-])O)c(C(F)(F)F)c12. The average Bonchev–Trinajstić information content (AvgIpc) is 3.33. The Morgan fingerprint density at radius 2 is 1.78 bits per heavy atom. The van der Waals surface area contributed by atoms with Crippen molar-refractivity contribution in [2.24, 2.45) is 0 Å². The minimum Gasteiger partial charge on any atom is -0.777 e. The van der Waals surface area contributed by atoms with Crippen molar-refractivity contribution >= 4 is 39.0 Å². The van der Waals surface area contributed by atoms with Gasteiger partial charge in [-0.2, -0.15) is 23.2 Å². The van der Waals surface area contributed by atoms with Crippen LogP contribution in [0.1, 0.15) is 35.3 Å². The van der Waals surface area contributed by atoms with Crippen molar-refractivity contribution in [1.29, 1.82) is 5.26 Å². The number of halogens is 3. The summed E-state index contributed by atoms with van der Waals surface area (Å²) in [5, 5.41) is 9.00. The maximum Gasteiger partial charge on any atom is 0.419 e. The molecule has 2 unspecified atom stereocenters. The summed E-state index contributed by atoms with van der Waals surface area (Å²) in [4.78, 5) is 21.8. The molecule has 0 spiro atoms. The van der Waals surface area contributed by atoms with Gasteiger partial charge in [0.2, 0.25) is 0 Å². The van der Waals surface area contributed by atoms with Crippen LogP contribution >= 0.6 is 18.9 Å². The van der Waals surface area contributed by atoms with Crippen LogP contribution < -0.4 is 18.9 Å². The fraction of sp³-hybridized carbons (Fsp3) is 0.231. The first kappa shape index (κ1) is 30.6. The maximum atomic E-state index is 14.3. The molecule has 0 aliphatic heterocycles. The lowest BCUT2D eigenvalue weighted by Crippen LogP contribution is -2.32. The number of nitriles is 1. The Balaban J connectivity index is 1.67. The third-order valence-corrected chi connectivity index (χ3v) is 10.3. The summed E-state index contributed by atoms with van der Waals surface area (Å²) in [5.41, 5.74) is -2.28. The first-order valence-corrected chi connectivity index (χ1v) is 16.0. The van der Waals surface area contributed by atoms with Crippen LogP contribution in [0.2, 0.25) is 0 Å². The molecule has 2 atom stereocenters. The minimum atomic E-state index is -5.46. The van der Waals surface area contributed by atoms with Crippen LogP contribution in [0, 0.1) is 11.3 Å². The average molecular weight is 626 g/mol. The topological polar surface area (TPSA) is 143 Å². The van der Waals surface area contributed by atoms with E-state index in [1.165, 1.54) is 36.4 Å². The molecule has 0 aliphatic rings. The molecule has 41 heavy (non-hydrogen) atoms. The van der Waals surface area contributed by atoms with E-state index in [0.29, 0.717) is 6.42 Å². The van der Waals surface area contributed by atoms with Gasteiger partial charge in [0.15, 0.2) is 20.0 Å². The minimum absolute atomic E-state index is 0.0786. The Kier molecular flexibility index (Phi) is 9.18. The quantitative estimate of drug-likeness (QED) is 0.142. The number of sulfonamides is 1. The highest BCUT2D eigenvalue weighted by atomic mass is 32.2. The van der Waals surface area contributed by atoms with Crippen molar-refractivity contribution in [3.05, 3.63) is 89.7 Å². The predicted molar refractivity (Wildman–Crippen MR) is 142 cm³/mol. The van der Waals surface area contributed by atoms with Crippen LogP contribution in [0.5, 0.6) is 5.75 Å². The number of rotatable bonds is 11. The van der Waals surface area contributed by atoms with Gasteiger partial charge in [-0.1, -0.05) is 36.4 Å². The van der Waals surface area contributed by atoms with Crippen molar-refractivity contribution in [3.63, 3.8) is 0 Å². The largest absolute Gasteiger partial charge is 0.777 e. The van der Waals surface area contributed by atoms with E-state index in [4.69, 9.17) is 4.74 Å². The molecule has 0 saturated carbocycles. The molecular weight excluding hydrogens is 602 g/mol. The fourth-order valence-electron chi connectivity index (χ4n) is 4.13. The molecule has 2 aromatic carbocycles. The number of alkyl halides is 3. The van der Waals surface area contributed by atoms with Crippen molar-refractivity contribution in [2.45, 2.75) is 35.6 Å². The highest BCUT2D eigenvalue weighted by Crippen LogP contribution is 2.50. The molecule has 9 nitrogen and oxygen atoms in total. The number of hydrogen-bond acceptors (Lipinski definition) is 7. The third kappa shape index (κ3) is 7.32. The lowest BCUT2D eigenvalue weighted by Gasteiger charge is -2.28. The van der Waals surface area contributed by atoms with Gasteiger partial charge in [0, 0.05) is 28.6 Å². The number of aromatic nitrogens is 1. The number of ether oxygens (including phenoxy) is 1. The number of nitrogens with zero attached hydrogens (tertiary/aromatic N) is 2. The lowest BCUT2D eigenvalue weighted by atomic mass is 10.1. The molecular formula is C26H23F3N3O6PS2. The van der Waals surface area contributed by atoms with E-state index in [-0.39, 0.29) is 34.0 Å². The predicted octanol–water partition coefficient (Wildman–Crippen LogP) is 4.46. The van der Waals surface area contributed by atoms with Crippen LogP contribution in [-0.4, -0.2) is 19.9 Å². The van der Waals surface area contributed by atoms with Crippen molar-refractivity contribution in [3.8, 4) is 11.8 Å². The van der Waals surface area contributed by atoms with E-state index >= 15 is 0 Å². The number of nitrogens with one attached hydrogen (secondary N) is 1. The number of thiophene rings is 1. The maximum absolute atomic E-state index is 14.3. The normalized spacial score (nSPS) is 14.3. The van der Waals surface area contributed by atoms with Crippen LogP contribution in [-0.2, 0) is 27.3 Å². The van der Waals surface area contributed by atoms with E-state index in [2.05, 4.69) is 0 Å². The van der Waals surface area contributed by atoms with Crippen molar-refractivity contribution < 1.29 is 45.2 Å². The Morgan fingerprint density at radius 3 is 2.39 bits per heavy atom. The van der Waals surface area contributed by atoms with E-state index in [0.717, 1.165) is 19.0 Å². The standard InChI is InChI=1S/C26H23F3N3O6PS2/c27-26(28,29)23-22-19(17-30)15-20(38-14-8-7-13-32-11-5-2-6-12-32)16-21(22)40-25(23)41(36,37)31-24(39(33,34)35)18-9-3-1-4-10-18/h1-6,9-12,15-16,24,31H,7-8,13-14H2,(H-,33,34,35). The number of unbranched alkanes of at least 4 members (excludes halogenated alkanes) is 1. The van der Waals surface area contributed by atoms with Gasteiger partial charge in [-0.15, -0.1) is 11.3 Å². The zero-order valence-corrected chi connectivity index (χ0v) is 23.6. The highest BCUT2D eigenvalue weighted by molar-refractivity contribution is 7.92. The van der Waals surface area contributed by atoms with Crippen LogP contribution in [0.3, 0.4) is 0 Å². The molecule has 0 saturated heterocycles. The second-order valence-corrected chi connectivity index (χ2v) is 13.5. The fourth-order valence-corrected chi connectivity index (χ4v) is 8.51. The monoisotopic (exact) mass is 625 g/mol. The molecule has 0 bridgehead atoms. The van der Waals surface area contributed by atoms with Crippen LogP contribution in [0.4, 0.5) is 13.2 Å². The van der Waals surface area contributed by atoms with Gasteiger partial charge >= 0.3 is 6.18 Å². The molecule has 0 aliphatic carbocycles. The number of aryl methyl sites for hydroxylation is 1. The zero-order chi connectivity index (χ0) is 29.8. The van der Waals surface area contributed by atoms with Crippen molar-refractivity contribution in [1.82, 2.24) is 4.72 Å². The van der Waals surface area contributed by atoms with Gasteiger partial charge < -0.3 is 19.1 Å². The summed E-state index contributed by atoms with van der Waals surface area (Å²) in [5.74, 6) is -2.17. The Hall–Kier alpha value is -3.31. The first-order chi connectivity index (χ1) is 19.3. The molecule has 0 radical (unpaired) electrons. The Bertz CT molecular complexity index is 1720. The molecule has 216 valence electrons. The van der Waals surface area contributed by atoms with Crippen molar-refractivity contribution in [2.75, 3.05) is 6.61 Å². The summed E-state index contributed by atoms with van der Waals surface area (Å²) in [7, 11) is -10.6. The van der Waals surface area contributed by atoms with E-state index < -0.39 is 50.3 Å². The van der Waals surface area contributed by atoms with Crippen LogP contribution in [0.15, 0.2) is 77.3 Å². The Labute approximate surface area is 237 Å². The van der Waals surface area contributed by atoms with Gasteiger partial charge in [0.05, 0.1) is 23.8 Å². The first-order valence-electron chi connectivity index (χ1n) is 12.1. The molecule has 15 heteroatoms. The molecule has 2 aromatic heterocycles. The number of hydrogen-bond donors (Lipinski definition) is 2. The number of benzene rings is 2. The summed E-state index contributed by atoms with van der Waals surface area (Å²) >= 11 is 0.212. The second-order valence-electron chi connectivity index (χ2n) is 8.89. The molecule has 2 N–H and O–H groups in total. The summed E-state index contributed by atoms with van der Waals surface area (Å²) in [6, 6.07) is 16.3. The number of fused-ring (bicyclic) bond motifs is 1. The third-order valence-electron chi connectivity index (χ3n) is 5.95. The smallest absolute Gasteiger partial charge is 0.419 e. The summed E-state index contributed by atoms with van der Waals surface area (Å²) < 4.78 is 89.3. The van der Waals surface area contributed by atoms with Gasteiger partial charge in [-0.25, -0.2) is 13.0 Å². The molecule has 0 amide bonds. The van der Waals surface area contributed by atoms with E-state index in [9.17, 15) is 41.2 Å². The summed E-state index contributed by atoms with van der Waals surface area (Å²) in [6.45, 7) is 0.914. The van der Waals surface area contributed by atoms with Gasteiger partial charge in [-0.05, 0) is 24.1 Å². The zero-order valence-electron chi connectivity index (χ0n) is 21.1. The van der Waals surface area contributed by atoms with Gasteiger partial charge in [-0.3, -0.25) is 0 Å². The molecule has 0 fully saturated rings. The van der Waals surface area contributed by atoms with Crippen LogP contribution in [0.25, 0.3) is 10.1 Å². The Morgan fingerprint density at radius 1 is 1.12 bits per heavy atom. The van der Waals surface area contributed by atoms with E-state index in [1.807, 2.05) is 35.2 Å². The highest BCUT2D eigenvalue weighted by Gasteiger charge is 2.43. The number of pyridine rings is 1. The molecule has 4 rings (SSSR count). The van der Waals surface area contributed by atoms with E-state index in [1.54, 1.807) is 10.8 Å². The summed E-state index contributed by atoms with van der Waals surface area (Å²) in [6.07, 6.45) is -0.0802. The lowest BCUT2D eigenvalue weighted by molar-refractivity contribution is -0.697. The molecule has 2 heterocycles. The second kappa shape index (κ2) is 12.3. The van der Waals surface area contributed by atoms with Gasteiger partial charge in [0.1, 0.15) is 22.3 Å².